The molecule has 2 aromatic rings. The fraction of sp³-hybridized carbons (Fsp3) is 0. The van der Waals surface area contributed by atoms with Gasteiger partial charge < -0.3 is 5.73 Å². The third-order valence-electron chi connectivity index (χ3n) is 2.18. The summed E-state index contributed by atoms with van der Waals surface area (Å²) in [5, 5.41) is 0.146. The van der Waals surface area contributed by atoms with Crippen molar-refractivity contribution in [1.82, 2.24) is 4.98 Å². The van der Waals surface area contributed by atoms with E-state index in [1.807, 2.05) is 0 Å². The standard InChI is InChI=1S/C11H7ClF2N2/c12-11-7(2-1-5-16-11)6-3-4-8(13)10(15)9(6)14/h1-5H,15H2. The van der Waals surface area contributed by atoms with Gasteiger partial charge in [0.25, 0.3) is 0 Å². The molecule has 82 valence electrons. The van der Waals surface area contributed by atoms with E-state index < -0.39 is 17.3 Å². The molecule has 0 aliphatic heterocycles. The molecule has 0 aliphatic carbocycles. The molecule has 0 saturated heterocycles. The second-order valence-electron chi connectivity index (χ2n) is 3.16. The van der Waals surface area contributed by atoms with Crippen LogP contribution in [0.3, 0.4) is 0 Å². The number of nitrogens with zero attached hydrogens (tertiary/aromatic N) is 1. The molecule has 1 aromatic heterocycles. The average Bonchev–Trinajstić information content (AvgIpc) is 2.28. The van der Waals surface area contributed by atoms with Gasteiger partial charge in [0, 0.05) is 17.3 Å². The van der Waals surface area contributed by atoms with Crippen LogP contribution in [0.1, 0.15) is 0 Å². The van der Waals surface area contributed by atoms with Gasteiger partial charge in [-0.1, -0.05) is 11.6 Å². The van der Waals surface area contributed by atoms with E-state index in [-0.39, 0.29) is 10.7 Å². The Labute approximate surface area is 95.7 Å². The predicted molar refractivity (Wildman–Crippen MR) is 59.0 cm³/mol. The molecule has 0 radical (unpaired) electrons. The zero-order valence-corrected chi connectivity index (χ0v) is 8.80. The number of anilines is 1. The fourth-order valence-electron chi connectivity index (χ4n) is 1.36. The maximum Gasteiger partial charge on any atom is 0.157 e. The van der Waals surface area contributed by atoms with Gasteiger partial charge in [0.2, 0.25) is 0 Å². The summed E-state index contributed by atoms with van der Waals surface area (Å²) in [4.78, 5) is 3.81. The van der Waals surface area contributed by atoms with Crippen LogP contribution in [0.4, 0.5) is 14.5 Å². The highest BCUT2D eigenvalue weighted by Crippen LogP contribution is 2.31. The lowest BCUT2D eigenvalue weighted by atomic mass is 10.1. The second-order valence-corrected chi connectivity index (χ2v) is 3.52. The molecule has 0 saturated carbocycles. The van der Waals surface area contributed by atoms with E-state index in [9.17, 15) is 8.78 Å². The minimum absolute atomic E-state index is 0.136. The molecule has 2 nitrogen and oxygen atoms in total. The highest BCUT2D eigenvalue weighted by molar-refractivity contribution is 6.32. The molecule has 1 heterocycles. The van der Waals surface area contributed by atoms with Gasteiger partial charge in [0.05, 0.1) is 0 Å². The number of rotatable bonds is 1. The summed E-state index contributed by atoms with van der Waals surface area (Å²) in [6, 6.07) is 5.58. The summed E-state index contributed by atoms with van der Waals surface area (Å²) in [5.41, 5.74) is 5.26. The molecule has 0 fully saturated rings. The highest BCUT2D eigenvalue weighted by Gasteiger charge is 2.14. The molecular weight excluding hydrogens is 234 g/mol. The molecule has 2 rings (SSSR count). The number of halogens is 3. The maximum atomic E-state index is 13.7. The number of nitrogen functional groups attached to an aromatic ring is 1. The molecule has 0 aliphatic rings. The van der Waals surface area contributed by atoms with Gasteiger partial charge in [0.15, 0.2) is 5.82 Å². The van der Waals surface area contributed by atoms with Crippen molar-refractivity contribution in [2.24, 2.45) is 0 Å². The molecule has 5 heteroatoms. The lowest BCUT2D eigenvalue weighted by molar-refractivity contribution is 0.594. The van der Waals surface area contributed by atoms with Crippen LogP contribution in [0.2, 0.25) is 5.15 Å². The molecule has 16 heavy (non-hydrogen) atoms. The van der Waals surface area contributed by atoms with E-state index in [0.29, 0.717) is 5.56 Å². The minimum Gasteiger partial charge on any atom is -0.394 e. The Hall–Kier alpha value is -1.68. The fourth-order valence-corrected chi connectivity index (χ4v) is 1.59. The Morgan fingerprint density at radius 2 is 1.88 bits per heavy atom. The van der Waals surface area contributed by atoms with Crippen molar-refractivity contribution in [3.8, 4) is 11.1 Å². The molecular formula is C11H7ClF2N2. The number of nitrogens with two attached hydrogens (primary N) is 1. The van der Waals surface area contributed by atoms with Crippen LogP contribution in [0, 0.1) is 11.6 Å². The van der Waals surface area contributed by atoms with Crippen molar-refractivity contribution >= 4 is 17.3 Å². The van der Waals surface area contributed by atoms with Gasteiger partial charge >= 0.3 is 0 Å². The monoisotopic (exact) mass is 240 g/mol. The van der Waals surface area contributed by atoms with Crippen molar-refractivity contribution in [2.45, 2.75) is 0 Å². The van der Waals surface area contributed by atoms with Gasteiger partial charge in [0.1, 0.15) is 16.7 Å². The second kappa shape index (κ2) is 4.06. The van der Waals surface area contributed by atoms with E-state index in [1.165, 1.54) is 12.3 Å². The Morgan fingerprint density at radius 1 is 1.12 bits per heavy atom. The quantitative estimate of drug-likeness (QED) is 0.614. The molecule has 0 amide bonds. The number of hydrogen-bond acceptors (Lipinski definition) is 2. The van der Waals surface area contributed by atoms with E-state index in [4.69, 9.17) is 17.3 Å². The third-order valence-corrected chi connectivity index (χ3v) is 2.48. The van der Waals surface area contributed by atoms with Crippen LogP contribution in [0.25, 0.3) is 11.1 Å². The molecule has 0 bridgehead atoms. The normalized spacial score (nSPS) is 10.4. The maximum absolute atomic E-state index is 13.7. The lowest BCUT2D eigenvalue weighted by Crippen LogP contribution is -1.98. The van der Waals surface area contributed by atoms with Crippen molar-refractivity contribution in [3.63, 3.8) is 0 Å². The zero-order chi connectivity index (χ0) is 11.7. The molecule has 1 aromatic carbocycles. The highest BCUT2D eigenvalue weighted by atomic mass is 35.5. The molecule has 0 atom stereocenters. The Kier molecular flexibility index (Phi) is 2.75. The first-order valence-electron chi connectivity index (χ1n) is 4.45. The van der Waals surface area contributed by atoms with Crippen molar-refractivity contribution < 1.29 is 8.78 Å². The zero-order valence-electron chi connectivity index (χ0n) is 8.05. The first-order valence-corrected chi connectivity index (χ1v) is 4.83. The van der Waals surface area contributed by atoms with E-state index in [1.54, 1.807) is 12.1 Å². The number of pyridine rings is 1. The van der Waals surface area contributed by atoms with E-state index in [0.717, 1.165) is 6.07 Å². The van der Waals surface area contributed by atoms with Crippen LogP contribution in [0.5, 0.6) is 0 Å². The lowest BCUT2D eigenvalue weighted by Gasteiger charge is -2.07. The first-order chi connectivity index (χ1) is 7.61. The van der Waals surface area contributed by atoms with Gasteiger partial charge in [-0.15, -0.1) is 0 Å². The number of aromatic nitrogens is 1. The molecule has 0 spiro atoms. The van der Waals surface area contributed by atoms with Crippen molar-refractivity contribution in [1.29, 1.82) is 0 Å². The van der Waals surface area contributed by atoms with Crippen molar-refractivity contribution in [2.75, 3.05) is 5.73 Å². The van der Waals surface area contributed by atoms with Crippen LogP contribution < -0.4 is 5.73 Å². The largest absolute Gasteiger partial charge is 0.394 e. The average molecular weight is 241 g/mol. The summed E-state index contributed by atoms with van der Waals surface area (Å²) in [6.45, 7) is 0. The Balaban J connectivity index is 2.66. The summed E-state index contributed by atoms with van der Waals surface area (Å²) >= 11 is 5.81. The van der Waals surface area contributed by atoms with Gasteiger partial charge in [-0.05, 0) is 24.3 Å². The van der Waals surface area contributed by atoms with Gasteiger partial charge in [-0.3, -0.25) is 0 Å². The smallest absolute Gasteiger partial charge is 0.157 e. The van der Waals surface area contributed by atoms with Crippen LogP contribution in [0.15, 0.2) is 30.5 Å². The summed E-state index contributed by atoms with van der Waals surface area (Å²) < 4.78 is 26.6. The number of hydrogen-bond donors (Lipinski definition) is 1. The first kappa shape index (κ1) is 10.8. The van der Waals surface area contributed by atoms with Crippen molar-refractivity contribution in [3.05, 3.63) is 47.2 Å². The summed E-state index contributed by atoms with van der Waals surface area (Å²) in [6.07, 6.45) is 1.48. The topological polar surface area (TPSA) is 38.9 Å². The Morgan fingerprint density at radius 3 is 2.56 bits per heavy atom. The van der Waals surface area contributed by atoms with Gasteiger partial charge in [-0.2, -0.15) is 0 Å². The SMILES string of the molecule is Nc1c(F)ccc(-c2cccnc2Cl)c1F. The van der Waals surface area contributed by atoms with E-state index >= 15 is 0 Å². The van der Waals surface area contributed by atoms with E-state index in [2.05, 4.69) is 4.98 Å². The van der Waals surface area contributed by atoms with Crippen LogP contribution in [-0.2, 0) is 0 Å². The summed E-state index contributed by atoms with van der Waals surface area (Å²) in [5.74, 6) is -1.61. The third kappa shape index (κ3) is 1.72. The molecule has 2 N–H and O–H groups in total. The van der Waals surface area contributed by atoms with Gasteiger partial charge in [-0.25, -0.2) is 13.8 Å². The predicted octanol–water partition coefficient (Wildman–Crippen LogP) is 3.26. The summed E-state index contributed by atoms with van der Waals surface area (Å²) in [7, 11) is 0. The minimum atomic E-state index is -0.824. The number of benzene rings is 1. The van der Waals surface area contributed by atoms with Crippen LogP contribution in [-0.4, -0.2) is 4.98 Å². The molecule has 0 unspecified atom stereocenters. The Bertz CT molecular complexity index is 544. The van der Waals surface area contributed by atoms with Crippen LogP contribution >= 0.6 is 11.6 Å².